The van der Waals surface area contributed by atoms with Gasteiger partial charge in [0.05, 0.1) is 18.3 Å². The minimum atomic E-state index is -0.126. The highest BCUT2D eigenvalue weighted by Gasteiger charge is 2.44. The first-order valence-corrected chi connectivity index (χ1v) is 6.90. The van der Waals surface area contributed by atoms with Crippen LogP contribution < -0.4 is 5.32 Å². The van der Waals surface area contributed by atoms with Crippen LogP contribution >= 0.6 is 0 Å². The van der Waals surface area contributed by atoms with Gasteiger partial charge < -0.3 is 19.9 Å². The Bertz CT molecular complexity index is 265. The Morgan fingerprint density at radius 2 is 2.18 bits per heavy atom. The summed E-state index contributed by atoms with van der Waals surface area (Å²) in [6, 6.07) is 0. The van der Waals surface area contributed by atoms with Gasteiger partial charge in [0.15, 0.2) is 0 Å². The number of nitrogens with one attached hydrogen (secondary N) is 1. The van der Waals surface area contributed by atoms with Crippen molar-refractivity contribution in [3.63, 3.8) is 0 Å². The zero-order chi connectivity index (χ0) is 11.7. The monoisotopic (exact) mass is 241 g/mol. The first-order valence-electron chi connectivity index (χ1n) is 6.90. The summed E-state index contributed by atoms with van der Waals surface area (Å²) in [5.41, 5.74) is -0.0277. The summed E-state index contributed by atoms with van der Waals surface area (Å²) < 4.78 is 11.5. The lowest BCUT2D eigenvalue weighted by molar-refractivity contribution is -0.117. The van der Waals surface area contributed by atoms with Crippen LogP contribution in [0.15, 0.2) is 0 Å². The average Bonchev–Trinajstić information content (AvgIpc) is 2.78. The summed E-state index contributed by atoms with van der Waals surface area (Å²) in [6.07, 6.45) is 3.95. The lowest BCUT2D eigenvalue weighted by Gasteiger charge is -2.43. The molecule has 3 aliphatic rings. The van der Waals surface area contributed by atoms with Gasteiger partial charge in [-0.2, -0.15) is 0 Å². The molecule has 4 nitrogen and oxygen atoms in total. The SMILES string of the molecule is OC1CCNCC1C1CCOC2(CCOC2)C1. The minimum Gasteiger partial charge on any atom is -0.393 e. The lowest BCUT2D eigenvalue weighted by Crippen LogP contribution is -2.49. The van der Waals surface area contributed by atoms with E-state index in [-0.39, 0.29) is 11.7 Å². The van der Waals surface area contributed by atoms with Crippen LogP contribution in [0, 0.1) is 11.8 Å². The zero-order valence-electron chi connectivity index (χ0n) is 10.4. The van der Waals surface area contributed by atoms with E-state index in [0.717, 1.165) is 58.6 Å². The molecule has 17 heavy (non-hydrogen) atoms. The molecule has 0 radical (unpaired) electrons. The van der Waals surface area contributed by atoms with E-state index in [9.17, 15) is 5.11 Å². The fourth-order valence-corrected chi connectivity index (χ4v) is 3.64. The number of hydrogen-bond acceptors (Lipinski definition) is 4. The van der Waals surface area contributed by atoms with Gasteiger partial charge in [-0.15, -0.1) is 0 Å². The minimum absolute atomic E-state index is 0.0277. The predicted molar refractivity (Wildman–Crippen MR) is 63.8 cm³/mol. The molecule has 3 heterocycles. The van der Waals surface area contributed by atoms with E-state index in [1.165, 1.54) is 0 Å². The fourth-order valence-electron chi connectivity index (χ4n) is 3.64. The highest BCUT2D eigenvalue weighted by molar-refractivity contribution is 4.94. The highest BCUT2D eigenvalue weighted by Crippen LogP contribution is 2.40. The summed E-state index contributed by atoms with van der Waals surface area (Å²) in [7, 11) is 0. The molecule has 1 spiro atoms. The maximum Gasteiger partial charge on any atom is 0.0939 e. The Labute approximate surface area is 103 Å². The molecule has 2 N–H and O–H groups in total. The molecule has 0 saturated carbocycles. The first kappa shape index (κ1) is 11.9. The normalized spacial score (nSPS) is 47.5. The van der Waals surface area contributed by atoms with Crippen LogP contribution in [-0.2, 0) is 9.47 Å². The molecule has 0 amide bonds. The van der Waals surface area contributed by atoms with Crippen molar-refractivity contribution in [1.29, 1.82) is 0 Å². The zero-order valence-corrected chi connectivity index (χ0v) is 10.4. The smallest absolute Gasteiger partial charge is 0.0939 e. The van der Waals surface area contributed by atoms with Crippen LogP contribution in [-0.4, -0.2) is 49.7 Å². The molecule has 0 aromatic carbocycles. The second-order valence-electron chi connectivity index (χ2n) is 5.81. The average molecular weight is 241 g/mol. The van der Waals surface area contributed by atoms with Crippen molar-refractivity contribution in [3.8, 4) is 0 Å². The topological polar surface area (TPSA) is 50.7 Å². The van der Waals surface area contributed by atoms with Crippen molar-refractivity contribution < 1.29 is 14.6 Å². The molecule has 3 aliphatic heterocycles. The molecule has 3 saturated heterocycles. The summed E-state index contributed by atoms with van der Waals surface area (Å²) in [5, 5.41) is 13.5. The van der Waals surface area contributed by atoms with Crippen molar-refractivity contribution >= 4 is 0 Å². The number of aliphatic hydroxyl groups is 1. The summed E-state index contributed by atoms with van der Waals surface area (Å²) in [6.45, 7) is 4.33. The van der Waals surface area contributed by atoms with Gasteiger partial charge in [0.2, 0.25) is 0 Å². The first-order chi connectivity index (χ1) is 8.29. The second kappa shape index (κ2) is 4.84. The molecule has 0 aromatic rings. The number of aliphatic hydroxyl groups excluding tert-OH is 1. The van der Waals surface area contributed by atoms with Crippen LogP contribution in [0.25, 0.3) is 0 Å². The van der Waals surface area contributed by atoms with E-state index in [0.29, 0.717) is 11.8 Å². The van der Waals surface area contributed by atoms with E-state index in [4.69, 9.17) is 9.47 Å². The molecule has 4 atom stereocenters. The second-order valence-corrected chi connectivity index (χ2v) is 5.81. The number of ether oxygens (including phenoxy) is 2. The van der Waals surface area contributed by atoms with Gasteiger partial charge in [0, 0.05) is 32.1 Å². The molecule has 4 heteroatoms. The Morgan fingerprint density at radius 1 is 1.24 bits per heavy atom. The molecule has 3 fully saturated rings. The van der Waals surface area contributed by atoms with Crippen LogP contribution in [0.3, 0.4) is 0 Å². The number of piperidine rings is 1. The summed E-state index contributed by atoms with van der Waals surface area (Å²) >= 11 is 0. The Morgan fingerprint density at radius 3 is 2.94 bits per heavy atom. The van der Waals surface area contributed by atoms with Crippen molar-refractivity contribution in [2.75, 3.05) is 32.9 Å². The van der Waals surface area contributed by atoms with Crippen LogP contribution in [0.2, 0.25) is 0 Å². The number of hydrogen-bond donors (Lipinski definition) is 2. The fraction of sp³-hybridized carbons (Fsp3) is 1.00. The van der Waals surface area contributed by atoms with Gasteiger partial charge in [-0.25, -0.2) is 0 Å². The maximum absolute atomic E-state index is 10.1. The van der Waals surface area contributed by atoms with Crippen molar-refractivity contribution in [3.05, 3.63) is 0 Å². The Hall–Kier alpha value is -0.160. The number of rotatable bonds is 1. The molecule has 98 valence electrons. The third-order valence-electron chi connectivity index (χ3n) is 4.69. The van der Waals surface area contributed by atoms with Gasteiger partial charge in [-0.05, 0) is 31.7 Å². The molecule has 3 rings (SSSR count). The molecule has 0 bridgehead atoms. The van der Waals surface area contributed by atoms with E-state index in [1.807, 2.05) is 0 Å². The Balaban J connectivity index is 1.66. The largest absolute Gasteiger partial charge is 0.393 e. The van der Waals surface area contributed by atoms with Gasteiger partial charge in [-0.1, -0.05) is 0 Å². The van der Waals surface area contributed by atoms with E-state index >= 15 is 0 Å². The maximum atomic E-state index is 10.1. The quantitative estimate of drug-likeness (QED) is 0.703. The van der Waals surface area contributed by atoms with Gasteiger partial charge in [0.1, 0.15) is 0 Å². The van der Waals surface area contributed by atoms with Crippen LogP contribution in [0.5, 0.6) is 0 Å². The van der Waals surface area contributed by atoms with Crippen molar-refractivity contribution in [2.24, 2.45) is 11.8 Å². The van der Waals surface area contributed by atoms with E-state index in [2.05, 4.69) is 5.32 Å². The summed E-state index contributed by atoms with van der Waals surface area (Å²) in [4.78, 5) is 0. The molecule has 0 aromatic heterocycles. The molecular weight excluding hydrogens is 218 g/mol. The standard InChI is InChI=1S/C13H23NO3/c15-12-1-4-14-8-11(12)10-2-5-17-13(7-10)3-6-16-9-13/h10-12,14-15H,1-9H2. The van der Waals surface area contributed by atoms with Gasteiger partial charge in [0.25, 0.3) is 0 Å². The molecular formula is C13H23NO3. The third-order valence-corrected chi connectivity index (χ3v) is 4.69. The van der Waals surface area contributed by atoms with Crippen molar-refractivity contribution in [1.82, 2.24) is 5.32 Å². The predicted octanol–water partition coefficient (Wildman–Crippen LogP) is 0.542. The highest BCUT2D eigenvalue weighted by atomic mass is 16.6. The van der Waals surface area contributed by atoms with Gasteiger partial charge >= 0.3 is 0 Å². The molecule has 4 unspecified atom stereocenters. The van der Waals surface area contributed by atoms with Crippen LogP contribution in [0.4, 0.5) is 0 Å². The van der Waals surface area contributed by atoms with E-state index < -0.39 is 0 Å². The summed E-state index contributed by atoms with van der Waals surface area (Å²) in [5.74, 6) is 0.998. The van der Waals surface area contributed by atoms with Gasteiger partial charge in [-0.3, -0.25) is 0 Å². The third kappa shape index (κ3) is 2.36. The Kier molecular flexibility index (Phi) is 3.39. The molecule has 0 aliphatic carbocycles. The van der Waals surface area contributed by atoms with E-state index in [1.54, 1.807) is 0 Å². The van der Waals surface area contributed by atoms with Crippen molar-refractivity contribution in [2.45, 2.75) is 37.4 Å². The van der Waals surface area contributed by atoms with Crippen LogP contribution in [0.1, 0.15) is 25.7 Å². The lowest BCUT2D eigenvalue weighted by atomic mass is 9.74.